The number of anilines is 2. The Morgan fingerprint density at radius 3 is 2.33 bits per heavy atom. The fraction of sp³-hybridized carbons (Fsp3) is 0.350. The molecule has 0 aliphatic carbocycles. The second-order valence-corrected chi connectivity index (χ2v) is 6.54. The maximum absolute atomic E-state index is 12.7. The zero-order chi connectivity index (χ0) is 19.8. The minimum atomic E-state index is -0.735. The molecule has 0 spiro atoms. The van der Waals surface area contributed by atoms with E-state index in [2.05, 4.69) is 16.0 Å². The van der Waals surface area contributed by atoms with Crippen LogP contribution < -0.4 is 16.0 Å². The van der Waals surface area contributed by atoms with E-state index in [1.165, 1.54) is 12.3 Å². The molecular weight excluding hydrogens is 346 g/mol. The Labute approximate surface area is 158 Å². The normalized spacial score (nSPS) is 11.7. The third kappa shape index (κ3) is 5.99. The SMILES string of the molecule is CCCC(=O)Nc1cccc(NC(=O)C(NC(=O)c2ccco2)C(C)C)c1. The molecule has 0 aliphatic heterocycles. The lowest BCUT2D eigenvalue weighted by atomic mass is 10.0. The Morgan fingerprint density at radius 2 is 1.74 bits per heavy atom. The number of amides is 3. The maximum atomic E-state index is 12.7. The van der Waals surface area contributed by atoms with Crippen molar-refractivity contribution in [3.8, 4) is 0 Å². The second kappa shape index (κ2) is 9.56. The summed E-state index contributed by atoms with van der Waals surface area (Å²) in [6, 6.07) is 9.30. The lowest BCUT2D eigenvalue weighted by Gasteiger charge is -2.21. The van der Waals surface area contributed by atoms with Gasteiger partial charge in [0.25, 0.3) is 5.91 Å². The summed E-state index contributed by atoms with van der Waals surface area (Å²) >= 11 is 0. The quantitative estimate of drug-likeness (QED) is 0.662. The molecule has 0 bridgehead atoms. The van der Waals surface area contributed by atoms with Gasteiger partial charge in [0.1, 0.15) is 6.04 Å². The van der Waals surface area contributed by atoms with Crippen LogP contribution in [0.3, 0.4) is 0 Å². The maximum Gasteiger partial charge on any atom is 0.287 e. The zero-order valence-electron chi connectivity index (χ0n) is 15.7. The first-order valence-electron chi connectivity index (χ1n) is 8.95. The van der Waals surface area contributed by atoms with E-state index in [9.17, 15) is 14.4 Å². The molecular formula is C20H25N3O4. The van der Waals surface area contributed by atoms with Crippen molar-refractivity contribution in [3.63, 3.8) is 0 Å². The Kier molecular flexibility index (Phi) is 7.16. The summed E-state index contributed by atoms with van der Waals surface area (Å²) in [5.74, 6) is -0.853. The molecule has 1 heterocycles. The van der Waals surface area contributed by atoms with Gasteiger partial charge in [-0.25, -0.2) is 0 Å². The molecule has 3 amide bonds. The molecule has 0 saturated heterocycles. The molecule has 1 aromatic carbocycles. The molecule has 2 rings (SSSR count). The molecule has 0 fully saturated rings. The number of hydrogen-bond donors (Lipinski definition) is 3. The Morgan fingerprint density at radius 1 is 1.04 bits per heavy atom. The van der Waals surface area contributed by atoms with Gasteiger partial charge in [0.05, 0.1) is 6.26 Å². The monoisotopic (exact) mass is 371 g/mol. The molecule has 1 unspecified atom stereocenters. The van der Waals surface area contributed by atoms with Crippen LogP contribution in [0.25, 0.3) is 0 Å². The van der Waals surface area contributed by atoms with Gasteiger partial charge in [0.15, 0.2) is 5.76 Å². The van der Waals surface area contributed by atoms with Crippen molar-refractivity contribution in [3.05, 3.63) is 48.4 Å². The first-order chi connectivity index (χ1) is 12.9. The second-order valence-electron chi connectivity index (χ2n) is 6.54. The van der Waals surface area contributed by atoms with Crippen molar-refractivity contribution in [1.29, 1.82) is 0 Å². The van der Waals surface area contributed by atoms with Crippen LogP contribution in [-0.2, 0) is 9.59 Å². The Bertz CT molecular complexity index is 784. The van der Waals surface area contributed by atoms with Crippen LogP contribution in [0.2, 0.25) is 0 Å². The first-order valence-corrected chi connectivity index (χ1v) is 8.95. The lowest BCUT2D eigenvalue weighted by molar-refractivity contribution is -0.119. The van der Waals surface area contributed by atoms with E-state index in [0.29, 0.717) is 17.8 Å². The number of benzene rings is 1. The minimum absolute atomic E-state index is 0.0771. The fourth-order valence-corrected chi connectivity index (χ4v) is 2.50. The van der Waals surface area contributed by atoms with Crippen LogP contribution in [0.1, 0.15) is 44.2 Å². The van der Waals surface area contributed by atoms with Gasteiger partial charge in [-0.3, -0.25) is 14.4 Å². The topological polar surface area (TPSA) is 100 Å². The highest BCUT2D eigenvalue weighted by molar-refractivity contribution is 6.00. The number of furan rings is 1. The molecule has 1 aromatic heterocycles. The van der Waals surface area contributed by atoms with E-state index in [1.807, 2.05) is 20.8 Å². The molecule has 27 heavy (non-hydrogen) atoms. The number of rotatable bonds is 8. The number of carbonyl (C=O) groups excluding carboxylic acids is 3. The van der Waals surface area contributed by atoms with Gasteiger partial charge in [0.2, 0.25) is 11.8 Å². The smallest absolute Gasteiger partial charge is 0.287 e. The van der Waals surface area contributed by atoms with E-state index >= 15 is 0 Å². The van der Waals surface area contributed by atoms with E-state index in [1.54, 1.807) is 30.3 Å². The summed E-state index contributed by atoms with van der Waals surface area (Å²) in [5, 5.41) is 8.26. The summed E-state index contributed by atoms with van der Waals surface area (Å²) in [5.41, 5.74) is 1.14. The minimum Gasteiger partial charge on any atom is -0.459 e. The molecule has 1 atom stereocenters. The predicted molar refractivity (Wildman–Crippen MR) is 103 cm³/mol. The molecule has 144 valence electrons. The van der Waals surface area contributed by atoms with E-state index in [-0.39, 0.29) is 23.5 Å². The van der Waals surface area contributed by atoms with Crippen LogP contribution in [-0.4, -0.2) is 23.8 Å². The molecule has 7 heteroatoms. The van der Waals surface area contributed by atoms with Gasteiger partial charge in [-0.2, -0.15) is 0 Å². The highest BCUT2D eigenvalue weighted by Gasteiger charge is 2.25. The van der Waals surface area contributed by atoms with Crippen LogP contribution in [0.5, 0.6) is 0 Å². The number of hydrogen-bond acceptors (Lipinski definition) is 4. The molecule has 7 nitrogen and oxygen atoms in total. The van der Waals surface area contributed by atoms with Gasteiger partial charge in [-0.1, -0.05) is 26.8 Å². The van der Waals surface area contributed by atoms with Crippen molar-refractivity contribution < 1.29 is 18.8 Å². The molecule has 0 radical (unpaired) electrons. The third-order valence-corrected chi connectivity index (χ3v) is 3.87. The predicted octanol–water partition coefficient (Wildman–Crippen LogP) is 3.41. The van der Waals surface area contributed by atoms with Crippen molar-refractivity contribution in [2.45, 2.75) is 39.7 Å². The first kappa shape index (κ1) is 20.2. The van der Waals surface area contributed by atoms with Crippen LogP contribution in [0.4, 0.5) is 11.4 Å². The van der Waals surface area contributed by atoms with Crippen molar-refractivity contribution >= 4 is 29.1 Å². The molecule has 0 aliphatic rings. The van der Waals surface area contributed by atoms with E-state index in [0.717, 1.165) is 6.42 Å². The third-order valence-electron chi connectivity index (χ3n) is 3.87. The van der Waals surface area contributed by atoms with Crippen molar-refractivity contribution in [2.75, 3.05) is 10.6 Å². The highest BCUT2D eigenvalue weighted by Crippen LogP contribution is 2.17. The van der Waals surface area contributed by atoms with Crippen LogP contribution in [0, 0.1) is 5.92 Å². The summed E-state index contributed by atoms with van der Waals surface area (Å²) in [6.07, 6.45) is 2.59. The van der Waals surface area contributed by atoms with E-state index in [4.69, 9.17) is 4.42 Å². The van der Waals surface area contributed by atoms with Gasteiger partial charge >= 0.3 is 0 Å². The fourth-order valence-electron chi connectivity index (χ4n) is 2.50. The molecule has 3 N–H and O–H groups in total. The van der Waals surface area contributed by atoms with Crippen molar-refractivity contribution in [1.82, 2.24) is 5.32 Å². The zero-order valence-corrected chi connectivity index (χ0v) is 15.7. The number of nitrogens with one attached hydrogen (secondary N) is 3. The van der Waals surface area contributed by atoms with Gasteiger partial charge in [-0.15, -0.1) is 0 Å². The summed E-state index contributed by atoms with van der Waals surface area (Å²) in [6.45, 7) is 5.61. The highest BCUT2D eigenvalue weighted by atomic mass is 16.3. The van der Waals surface area contributed by atoms with Crippen LogP contribution >= 0.6 is 0 Å². The largest absolute Gasteiger partial charge is 0.459 e. The average molecular weight is 371 g/mol. The Hall–Kier alpha value is -3.09. The van der Waals surface area contributed by atoms with Gasteiger partial charge in [0, 0.05) is 17.8 Å². The summed E-state index contributed by atoms with van der Waals surface area (Å²) < 4.78 is 5.06. The van der Waals surface area contributed by atoms with Gasteiger partial charge < -0.3 is 20.4 Å². The van der Waals surface area contributed by atoms with Crippen molar-refractivity contribution in [2.24, 2.45) is 5.92 Å². The average Bonchev–Trinajstić information content (AvgIpc) is 3.14. The van der Waals surface area contributed by atoms with E-state index < -0.39 is 11.9 Å². The Balaban J connectivity index is 2.04. The molecule has 2 aromatic rings. The molecule has 0 saturated carbocycles. The van der Waals surface area contributed by atoms with Crippen LogP contribution in [0.15, 0.2) is 47.1 Å². The number of carbonyl (C=O) groups is 3. The van der Waals surface area contributed by atoms with Gasteiger partial charge in [-0.05, 0) is 42.7 Å². The summed E-state index contributed by atoms with van der Waals surface area (Å²) in [4.78, 5) is 36.6. The lowest BCUT2D eigenvalue weighted by Crippen LogP contribution is -2.47. The standard InChI is InChI=1S/C20H25N3O4/c1-4-7-17(24)21-14-8-5-9-15(12-14)22-20(26)18(13(2)3)23-19(25)16-10-6-11-27-16/h5-6,8-13,18H,4,7H2,1-3H3,(H,21,24)(H,22,26)(H,23,25). The summed E-state index contributed by atoms with van der Waals surface area (Å²) in [7, 11) is 0.